The number of rotatable bonds is 6. The van der Waals surface area contributed by atoms with E-state index >= 15 is 0 Å². The highest BCUT2D eigenvalue weighted by molar-refractivity contribution is 5.81. The monoisotopic (exact) mass is 256 g/mol. The molecule has 0 aromatic heterocycles. The highest BCUT2D eigenvalue weighted by Gasteiger charge is 2.28. The quantitative estimate of drug-likeness (QED) is 0.666. The van der Waals surface area contributed by atoms with Crippen LogP contribution in [0.25, 0.3) is 0 Å². The van der Waals surface area contributed by atoms with Crippen LogP contribution in [-0.4, -0.2) is 35.6 Å². The van der Waals surface area contributed by atoms with Crippen molar-refractivity contribution < 1.29 is 14.7 Å². The van der Waals surface area contributed by atoms with Gasteiger partial charge in [-0.05, 0) is 32.6 Å². The molecule has 0 aromatic carbocycles. The van der Waals surface area contributed by atoms with Gasteiger partial charge in [-0.15, -0.1) is 0 Å². The molecule has 0 heterocycles. The summed E-state index contributed by atoms with van der Waals surface area (Å²) in [5.74, 6) is -0.985. The first kappa shape index (κ1) is 15.0. The molecule has 18 heavy (non-hydrogen) atoms. The van der Waals surface area contributed by atoms with Gasteiger partial charge in [0.2, 0.25) is 5.91 Å². The average molecular weight is 256 g/mol. The fourth-order valence-electron chi connectivity index (χ4n) is 2.40. The number of nitrogens with one attached hydrogen (secondary N) is 2. The van der Waals surface area contributed by atoms with Gasteiger partial charge in [0.15, 0.2) is 0 Å². The molecule has 3 N–H and O–H groups in total. The Bertz CT molecular complexity index is 294. The first-order chi connectivity index (χ1) is 8.54. The maximum absolute atomic E-state index is 11.7. The Morgan fingerprint density at radius 1 is 1.39 bits per heavy atom. The van der Waals surface area contributed by atoms with Crippen molar-refractivity contribution >= 4 is 11.9 Å². The molecule has 5 nitrogen and oxygen atoms in total. The van der Waals surface area contributed by atoms with Crippen molar-refractivity contribution in [2.75, 3.05) is 6.54 Å². The Morgan fingerprint density at radius 3 is 2.72 bits per heavy atom. The van der Waals surface area contributed by atoms with E-state index in [0.717, 1.165) is 25.7 Å². The Kier molecular flexibility index (Phi) is 6.12. The average Bonchev–Trinajstić information content (AvgIpc) is 2.36. The van der Waals surface area contributed by atoms with Crippen LogP contribution < -0.4 is 10.6 Å². The van der Waals surface area contributed by atoms with Crippen LogP contribution in [0.5, 0.6) is 0 Å². The molecule has 0 saturated heterocycles. The smallest absolute Gasteiger partial charge is 0.306 e. The number of hydrogen-bond acceptors (Lipinski definition) is 3. The third-order valence-electron chi connectivity index (χ3n) is 3.45. The number of aliphatic carboxylic acids is 1. The van der Waals surface area contributed by atoms with Crippen LogP contribution in [0.2, 0.25) is 0 Å². The lowest BCUT2D eigenvalue weighted by Gasteiger charge is -2.29. The fourth-order valence-corrected chi connectivity index (χ4v) is 2.40. The molecular weight excluding hydrogens is 232 g/mol. The van der Waals surface area contributed by atoms with E-state index in [9.17, 15) is 9.59 Å². The van der Waals surface area contributed by atoms with Crippen LogP contribution in [0.4, 0.5) is 0 Å². The second kappa shape index (κ2) is 7.36. The largest absolute Gasteiger partial charge is 0.481 e. The summed E-state index contributed by atoms with van der Waals surface area (Å²) in [6, 6.07) is -0.115. The van der Waals surface area contributed by atoms with Gasteiger partial charge in [-0.2, -0.15) is 0 Å². The summed E-state index contributed by atoms with van der Waals surface area (Å²) in [6.45, 7) is 4.53. The molecular formula is C13H24N2O3. The van der Waals surface area contributed by atoms with Crippen LogP contribution in [0.3, 0.4) is 0 Å². The van der Waals surface area contributed by atoms with Crippen molar-refractivity contribution in [3.05, 3.63) is 0 Å². The van der Waals surface area contributed by atoms with Gasteiger partial charge in [-0.25, -0.2) is 0 Å². The Hall–Kier alpha value is -1.10. The van der Waals surface area contributed by atoms with Crippen LogP contribution in [0.15, 0.2) is 0 Å². The van der Waals surface area contributed by atoms with Gasteiger partial charge < -0.3 is 15.7 Å². The first-order valence-corrected chi connectivity index (χ1v) is 6.81. The number of carbonyl (C=O) groups excluding carboxylic acids is 1. The summed E-state index contributed by atoms with van der Waals surface area (Å²) < 4.78 is 0. The molecule has 1 aliphatic rings. The van der Waals surface area contributed by atoms with Gasteiger partial charge in [-0.1, -0.05) is 13.3 Å². The zero-order valence-electron chi connectivity index (χ0n) is 11.2. The second-order valence-corrected chi connectivity index (χ2v) is 5.08. The molecule has 1 aliphatic carbocycles. The zero-order chi connectivity index (χ0) is 13.5. The lowest BCUT2D eigenvalue weighted by atomic mass is 9.85. The molecule has 0 aromatic rings. The third kappa shape index (κ3) is 4.64. The minimum Gasteiger partial charge on any atom is -0.481 e. The van der Waals surface area contributed by atoms with Crippen molar-refractivity contribution in [3.8, 4) is 0 Å². The maximum atomic E-state index is 11.7. The molecule has 3 atom stereocenters. The standard InChI is InChI=1S/C13H24N2O3/c1-3-7-14-12(16)9(2)15-11-6-4-5-10(8-11)13(17)18/h9-11,15H,3-8H2,1-2H3,(H,14,16)(H,17,18). The summed E-state index contributed by atoms with van der Waals surface area (Å²) in [7, 11) is 0. The molecule has 104 valence electrons. The zero-order valence-corrected chi connectivity index (χ0v) is 11.2. The predicted molar refractivity (Wildman–Crippen MR) is 69.3 cm³/mol. The molecule has 0 radical (unpaired) electrons. The van der Waals surface area contributed by atoms with Crippen molar-refractivity contribution in [2.45, 2.75) is 58.0 Å². The van der Waals surface area contributed by atoms with Crippen LogP contribution in [0, 0.1) is 5.92 Å². The number of carboxylic acids is 1. The van der Waals surface area contributed by atoms with E-state index in [1.54, 1.807) is 0 Å². The molecule has 0 bridgehead atoms. The van der Waals surface area contributed by atoms with Crippen LogP contribution in [-0.2, 0) is 9.59 Å². The molecule has 1 rings (SSSR count). The SMILES string of the molecule is CCCNC(=O)C(C)NC1CCCC(C(=O)O)C1. The normalized spacial score (nSPS) is 25.4. The predicted octanol–water partition coefficient (Wildman–Crippen LogP) is 1.13. The Balaban J connectivity index is 2.36. The maximum Gasteiger partial charge on any atom is 0.306 e. The van der Waals surface area contributed by atoms with E-state index in [1.165, 1.54) is 0 Å². The van der Waals surface area contributed by atoms with E-state index in [4.69, 9.17) is 5.11 Å². The first-order valence-electron chi connectivity index (χ1n) is 6.81. The fraction of sp³-hybridized carbons (Fsp3) is 0.846. The molecule has 0 spiro atoms. The second-order valence-electron chi connectivity index (χ2n) is 5.08. The van der Waals surface area contributed by atoms with E-state index in [0.29, 0.717) is 13.0 Å². The van der Waals surface area contributed by atoms with Crippen molar-refractivity contribution in [1.29, 1.82) is 0 Å². The van der Waals surface area contributed by atoms with Crippen molar-refractivity contribution in [3.63, 3.8) is 0 Å². The van der Waals surface area contributed by atoms with Crippen molar-refractivity contribution in [2.24, 2.45) is 5.92 Å². The molecule has 5 heteroatoms. The van der Waals surface area contributed by atoms with E-state index in [2.05, 4.69) is 10.6 Å². The third-order valence-corrected chi connectivity index (χ3v) is 3.45. The van der Waals surface area contributed by atoms with E-state index < -0.39 is 5.97 Å². The molecule has 1 saturated carbocycles. The Morgan fingerprint density at radius 2 is 2.11 bits per heavy atom. The van der Waals surface area contributed by atoms with Crippen LogP contribution >= 0.6 is 0 Å². The highest BCUT2D eigenvalue weighted by atomic mass is 16.4. The van der Waals surface area contributed by atoms with Gasteiger partial charge in [0.25, 0.3) is 0 Å². The van der Waals surface area contributed by atoms with Gasteiger partial charge in [0.05, 0.1) is 12.0 Å². The number of carboxylic acid groups (broad SMARTS) is 1. The lowest BCUT2D eigenvalue weighted by molar-refractivity contribution is -0.143. The van der Waals surface area contributed by atoms with E-state index in [1.807, 2.05) is 13.8 Å². The topological polar surface area (TPSA) is 78.4 Å². The van der Waals surface area contributed by atoms with Gasteiger partial charge in [0.1, 0.15) is 0 Å². The Labute approximate surface area is 108 Å². The molecule has 1 fully saturated rings. The molecule has 3 unspecified atom stereocenters. The lowest BCUT2D eigenvalue weighted by Crippen LogP contribution is -2.48. The van der Waals surface area contributed by atoms with Gasteiger partial charge in [0, 0.05) is 12.6 Å². The van der Waals surface area contributed by atoms with Crippen molar-refractivity contribution in [1.82, 2.24) is 10.6 Å². The summed E-state index contributed by atoms with van der Waals surface area (Å²) in [6.07, 6.45) is 4.17. The summed E-state index contributed by atoms with van der Waals surface area (Å²) in [5.41, 5.74) is 0. The van der Waals surface area contributed by atoms with Gasteiger partial charge >= 0.3 is 5.97 Å². The number of hydrogen-bond donors (Lipinski definition) is 3. The minimum atomic E-state index is -0.718. The summed E-state index contributed by atoms with van der Waals surface area (Å²) in [4.78, 5) is 22.7. The van der Waals surface area contributed by atoms with E-state index in [-0.39, 0.29) is 23.9 Å². The summed E-state index contributed by atoms with van der Waals surface area (Å²) in [5, 5.41) is 15.1. The number of amides is 1. The number of carbonyl (C=O) groups is 2. The van der Waals surface area contributed by atoms with Gasteiger partial charge in [-0.3, -0.25) is 9.59 Å². The highest BCUT2D eigenvalue weighted by Crippen LogP contribution is 2.24. The molecule has 0 aliphatic heterocycles. The van der Waals surface area contributed by atoms with Crippen LogP contribution in [0.1, 0.15) is 46.0 Å². The molecule has 1 amide bonds. The minimum absolute atomic E-state index is 0.00528. The summed E-state index contributed by atoms with van der Waals surface area (Å²) >= 11 is 0.